The number of aromatic nitrogens is 1. The molecule has 0 radical (unpaired) electrons. The van der Waals surface area contributed by atoms with Crippen LogP contribution in [-0.2, 0) is 16.2 Å². The van der Waals surface area contributed by atoms with Crippen LogP contribution in [0.2, 0.25) is 0 Å². The lowest BCUT2D eigenvalue weighted by Crippen LogP contribution is -2.62. The predicted molar refractivity (Wildman–Crippen MR) is 449 cm³/mol. The van der Waals surface area contributed by atoms with Crippen LogP contribution < -0.4 is 26.2 Å². The molecule has 0 fully saturated rings. The van der Waals surface area contributed by atoms with Crippen LogP contribution in [0.25, 0.3) is 105 Å². The average Bonchev–Trinajstić information content (AvgIpc) is 1.31. The summed E-state index contributed by atoms with van der Waals surface area (Å²) in [7, 11) is 0. The van der Waals surface area contributed by atoms with Crippen molar-refractivity contribution in [2.24, 2.45) is 0 Å². The molecule has 0 unspecified atom stereocenters. The fourth-order valence-corrected chi connectivity index (χ4v) is 22.8. The molecule has 0 atom stereocenters. The van der Waals surface area contributed by atoms with Gasteiger partial charge >= 0.3 is 0 Å². The minimum absolute atomic E-state index is 0.279. The van der Waals surface area contributed by atoms with Crippen molar-refractivity contribution in [2.45, 2.75) is 16.2 Å². The summed E-state index contributed by atoms with van der Waals surface area (Å²) < 4.78 is 2.57. The third-order valence-electron chi connectivity index (χ3n) is 26.6. The lowest BCUT2D eigenvalue weighted by atomic mass is 9.33. The second-order valence-corrected chi connectivity index (χ2v) is 31.1. The Hall–Kier alpha value is -13.8. The van der Waals surface area contributed by atoms with Crippen LogP contribution in [0.4, 0.5) is 34.1 Å². The van der Waals surface area contributed by atoms with E-state index in [1.165, 1.54) is 183 Å². The van der Waals surface area contributed by atoms with Crippen molar-refractivity contribution >= 4 is 79.0 Å². The van der Waals surface area contributed by atoms with Gasteiger partial charge in [-0.1, -0.05) is 322 Å². The molecule has 0 saturated heterocycles. The standard InChI is InChI=1S/C105H62BN3/c1-2-26-63(27-3-1)64-50-52-65(53-51-64)107-97-62-92-81(76-36-12-20-44-87(76)104(92)84-41-17-6-30-70(84)71-31-7-18-42-85(71)104)61-94(97)106-93-57-55-79-74-34-10-23-47-90(74)105(88-45-21-8-32-72(88)73-33-9-22-46-89(73)105)100(79)102(93)109(99-60-67(59-98(107)101(99)106)108-95-48-24-13-37-77(95)78-38-14-25-49-96(78)108)66-54-56-91-80(58-66)75-35-11-19-43-86(75)103(91)82-39-15-4-28-68(82)69-29-5-16-40-83(69)103/h1-62H. The number of nitrogens with zero attached hydrogens (tertiary/aromatic N) is 3. The van der Waals surface area contributed by atoms with Gasteiger partial charge < -0.3 is 14.4 Å². The van der Waals surface area contributed by atoms with Gasteiger partial charge in [-0.05, 0) is 210 Å². The summed E-state index contributed by atoms with van der Waals surface area (Å²) in [6.07, 6.45) is 0. The van der Waals surface area contributed by atoms with Crippen molar-refractivity contribution in [1.29, 1.82) is 0 Å². The number of benzene rings is 17. The van der Waals surface area contributed by atoms with Crippen LogP contribution >= 0.6 is 0 Å². The third kappa shape index (κ3) is 6.96. The molecule has 3 spiro atoms. The minimum Gasteiger partial charge on any atom is -0.311 e. The van der Waals surface area contributed by atoms with Crippen LogP contribution in [0.1, 0.15) is 66.8 Å². The van der Waals surface area contributed by atoms with Crippen molar-refractivity contribution in [2.75, 3.05) is 9.80 Å². The number of hydrogen-bond donors (Lipinski definition) is 0. The Morgan fingerprint density at radius 1 is 0.211 bits per heavy atom. The van der Waals surface area contributed by atoms with Crippen LogP contribution in [0.5, 0.6) is 0 Å². The molecule has 6 aliphatic carbocycles. The zero-order chi connectivity index (χ0) is 70.7. The summed E-state index contributed by atoms with van der Waals surface area (Å²) in [6, 6.07) is 146. The van der Waals surface area contributed by atoms with Gasteiger partial charge in [0, 0.05) is 50.5 Å². The van der Waals surface area contributed by atoms with Crippen molar-refractivity contribution < 1.29 is 0 Å². The Bertz CT molecular complexity index is 6950. The zero-order valence-electron chi connectivity index (χ0n) is 59.2. The summed E-state index contributed by atoms with van der Waals surface area (Å²) in [5, 5.41) is 2.44. The minimum atomic E-state index is -0.728. The number of para-hydroxylation sites is 2. The maximum atomic E-state index is 2.80. The first-order valence-electron chi connectivity index (χ1n) is 38.4. The van der Waals surface area contributed by atoms with Gasteiger partial charge in [-0.3, -0.25) is 0 Å². The summed E-state index contributed by atoms with van der Waals surface area (Å²) in [4.78, 5) is 5.49. The maximum Gasteiger partial charge on any atom is 0.252 e. The van der Waals surface area contributed by atoms with E-state index in [2.05, 4.69) is 390 Å². The van der Waals surface area contributed by atoms with Crippen LogP contribution in [0.15, 0.2) is 376 Å². The fraction of sp³-hybridized carbons (Fsp3) is 0.0286. The molecule has 26 rings (SSSR count). The van der Waals surface area contributed by atoms with Gasteiger partial charge in [0.05, 0.1) is 33.0 Å². The first-order valence-corrected chi connectivity index (χ1v) is 38.4. The number of fused-ring (bicyclic) bond motifs is 38. The van der Waals surface area contributed by atoms with Crippen LogP contribution in [0.3, 0.4) is 0 Å². The highest BCUT2D eigenvalue weighted by atomic mass is 15.2. The molecule has 0 N–H and O–H groups in total. The maximum absolute atomic E-state index is 2.80. The van der Waals surface area contributed by atoms with Crippen molar-refractivity contribution in [3.8, 4) is 83.6 Å². The molecule has 0 bridgehead atoms. The first kappa shape index (κ1) is 58.5. The number of anilines is 6. The molecule has 1 aromatic heterocycles. The second-order valence-electron chi connectivity index (χ2n) is 31.1. The quantitative estimate of drug-likeness (QED) is 0.163. The first-order chi connectivity index (χ1) is 54.1. The van der Waals surface area contributed by atoms with E-state index in [4.69, 9.17) is 0 Å². The zero-order valence-corrected chi connectivity index (χ0v) is 59.2. The number of hydrogen-bond acceptors (Lipinski definition) is 2. The highest BCUT2D eigenvalue weighted by Gasteiger charge is 2.59. The Balaban J connectivity index is 0.844. The summed E-state index contributed by atoms with van der Waals surface area (Å²) in [5.74, 6) is 0. The van der Waals surface area contributed by atoms with Gasteiger partial charge in [0.15, 0.2) is 0 Å². The molecule has 500 valence electrons. The van der Waals surface area contributed by atoms with E-state index in [9.17, 15) is 0 Å². The highest BCUT2D eigenvalue weighted by Crippen LogP contribution is 2.69. The molecule has 3 heterocycles. The predicted octanol–water partition coefficient (Wildman–Crippen LogP) is 23.6. The van der Waals surface area contributed by atoms with Crippen molar-refractivity contribution in [1.82, 2.24) is 4.57 Å². The highest BCUT2D eigenvalue weighted by molar-refractivity contribution is 7.00. The van der Waals surface area contributed by atoms with E-state index in [0.717, 1.165) is 39.5 Å². The van der Waals surface area contributed by atoms with Gasteiger partial charge in [-0.15, -0.1) is 0 Å². The lowest BCUT2D eigenvalue weighted by molar-refractivity contribution is 0.792. The Labute approximate surface area is 631 Å². The average molecular weight is 1380 g/mol. The topological polar surface area (TPSA) is 11.4 Å². The van der Waals surface area contributed by atoms with E-state index in [1.807, 2.05) is 0 Å². The molecule has 0 amide bonds. The summed E-state index contributed by atoms with van der Waals surface area (Å²) in [5.41, 5.74) is 45.8. The van der Waals surface area contributed by atoms with Gasteiger partial charge in [0.2, 0.25) is 0 Å². The molecule has 109 heavy (non-hydrogen) atoms. The van der Waals surface area contributed by atoms with Gasteiger partial charge in [0.25, 0.3) is 6.71 Å². The van der Waals surface area contributed by atoms with Crippen LogP contribution in [0, 0.1) is 0 Å². The molecule has 4 heteroatoms. The van der Waals surface area contributed by atoms with E-state index in [0.29, 0.717) is 0 Å². The van der Waals surface area contributed by atoms with Crippen LogP contribution in [-0.4, -0.2) is 11.3 Å². The van der Waals surface area contributed by atoms with Gasteiger partial charge in [0.1, 0.15) is 0 Å². The SMILES string of the molecule is c1ccc(-c2ccc(N3c4cc5c(cc4B4c6ccc7c(c6N(c6ccc8c(c6)-c6ccccc6C86c8ccccc8-c8ccccc86)c6cc(-n8c9ccccc9c9ccccc98)cc3c64)C3(c4ccccc4-c4ccccc43)c3ccccc3-7)-c3ccccc3C53c4ccccc4-c4ccccc43)cc2)cc1. The molecular formula is C105H62BN3. The largest absolute Gasteiger partial charge is 0.311 e. The van der Waals surface area contributed by atoms with E-state index in [1.54, 1.807) is 0 Å². The smallest absolute Gasteiger partial charge is 0.252 e. The Morgan fingerprint density at radius 2 is 0.578 bits per heavy atom. The van der Waals surface area contributed by atoms with E-state index in [-0.39, 0.29) is 6.71 Å². The van der Waals surface area contributed by atoms with E-state index < -0.39 is 16.2 Å². The summed E-state index contributed by atoms with van der Waals surface area (Å²) in [6.45, 7) is -0.279. The van der Waals surface area contributed by atoms with Crippen molar-refractivity contribution in [3.05, 3.63) is 443 Å². The molecule has 18 aromatic rings. The monoisotopic (exact) mass is 1380 g/mol. The van der Waals surface area contributed by atoms with Crippen molar-refractivity contribution in [3.63, 3.8) is 0 Å². The molecule has 0 saturated carbocycles. The molecule has 2 aliphatic heterocycles. The number of rotatable bonds is 4. The lowest BCUT2D eigenvalue weighted by Gasteiger charge is -2.47. The summed E-state index contributed by atoms with van der Waals surface area (Å²) >= 11 is 0. The van der Waals surface area contributed by atoms with Gasteiger partial charge in [-0.2, -0.15) is 0 Å². The second kappa shape index (κ2) is 20.8. The van der Waals surface area contributed by atoms with E-state index >= 15 is 0 Å². The molecule has 3 nitrogen and oxygen atoms in total. The normalized spacial score (nSPS) is 15.0. The molecule has 8 aliphatic rings. The fourth-order valence-electron chi connectivity index (χ4n) is 22.8. The Kier molecular flexibility index (Phi) is 11.2. The third-order valence-corrected chi connectivity index (χ3v) is 26.6. The molecular weight excluding hydrogens is 1310 g/mol. The Morgan fingerprint density at radius 3 is 1.06 bits per heavy atom. The molecule has 17 aromatic carbocycles. The van der Waals surface area contributed by atoms with Gasteiger partial charge in [-0.25, -0.2) is 0 Å².